The van der Waals surface area contributed by atoms with Crippen LogP contribution in [0.2, 0.25) is 0 Å². The van der Waals surface area contributed by atoms with E-state index in [0.717, 1.165) is 37.1 Å². The van der Waals surface area contributed by atoms with Gasteiger partial charge in [0.2, 0.25) is 5.91 Å². The normalized spacial score (nSPS) is 20.4. The predicted octanol–water partition coefficient (Wildman–Crippen LogP) is 2.26. The lowest BCUT2D eigenvalue weighted by atomic mass is 10.1. The van der Waals surface area contributed by atoms with Crippen LogP contribution in [0.5, 0.6) is 0 Å². The first kappa shape index (κ1) is 17.1. The van der Waals surface area contributed by atoms with Gasteiger partial charge in [0.15, 0.2) is 11.6 Å². The van der Waals surface area contributed by atoms with Gasteiger partial charge in [0.25, 0.3) is 0 Å². The van der Waals surface area contributed by atoms with Gasteiger partial charge < -0.3 is 9.47 Å². The minimum Gasteiger partial charge on any atom is -0.334 e. The molecule has 0 N–H and O–H groups in total. The minimum absolute atomic E-state index is 0.0371. The molecule has 8 heteroatoms. The summed E-state index contributed by atoms with van der Waals surface area (Å²) in [5.74, 6) is 0.626. The fourth-order valence-electron chi connectivity index (χ4n) is 3.87. The van der Waals surface area contributed by atoms with E-state index in [2.05, 4.69) is 19.7 Å². The Labute approximate surface area is 150 Å². The molecule has 0 spiro atoms. The molecule has 0 radical (unpaired) electrons. The van der Waals surface area contributed by atoms with Crippen LogP contribution in [0.3, 0.4) is 0 Å². The zero-order chi connectivity index (χ0) is 18.3. The lowest BCUT2D eigenvalue weighted by molar-refractivity contribution is -0.130. The van der Waals surface area contributed by atoms with Crippen molar-refractivity contribution in [2.24, 2.45) is 0 Å². The van der Waals surface area contributed by atoms with E-state index < -0.39 is 11.6 Å². The predicted molar refractivity (Wildman–Crippen MR) is 89.9 cm³/mol. The summed E-state index contributed by atoms with van der Waals surface area (Å²) in [4.78, 5) is 15.5. The van der Waals surface area contributed by atoms with Gasteiger partial charge in [0.05, 0.1) is 12.6 Å². The Hall–Kier alpha value is -2.35. The number of hydrogen-bond acceptors (Lipinski definition) is 4. The van der Waals surface area contributed by atoms with Crippen molar-refractivity contribution in [3.05, 3.63) is 47.0 Å². The van der Waals surface area contributed by atoms with Crippen molar-refractivity contribution >= 4 is 5.91 Å². The highest BCUT2D eigenvalue weighted by Gasteiger charge is 2.33. The number of fused-ring (bicyclic) bond motifs is 1. The number of amides is 1. The maximum absolute atomic E-state index is 14.0. The second-order valence-corrected chi connectivity index (χ2v) is 6.93. The SMILES string of the molecule is CC(=O)N1CCn2c(nnc2C2CCCN2Cc2ccc(F)cc2F)C1. The van der Waals surface area contributed by atoms with Crippen molar-refractivity contribution in [2.45, 2.75) is 45.4 Å². The maximum Gasteiger partial charge on any atom is 0.219 e. The molecule has 138 valence electrons. The molecule has 1 atom stereocenters. The molecule has 3 heterocycles. The van der Waals surface area contributed by atoms with Crippen LogP contribution in [-0.4, -0.2) is 43.6 Å². The van der Waals surface area contributed by atoms with E-state index in [0.29, 0.717) is 31.7 Å². The van der Waals surface area contributed by atoms with E-state index in [1.165, 1.54) is 12.1 Å². The van der Waals surface area contributed by atoms with Gasteiger partial charge in [-0.15, -0.1) is 10.2 Å². The molecule has 0 bridgehead atoms. The zero-order valence-electron chi connectivity index (χ0n) is 14.7. The summed E-state index contributed by atoms with van der Waals surface area (Å²) in [7, 11) is 0. The average molecular weight is 361 g/mol. The van der Waals surface area contributed by atoms with Crippen LogP contribution in [-0.2, 0) is 24.4 Å². The fourth-order valence-corrected chi connectivity index (χ4v) is 3.87. The molecule has 2 aromatic rings. The molecule has 0 saturated carbocycles. The summed E-state index contributed by atoms with van der Waals surface area (Å²) in [6, 6.07) is 3.78. The summed E-state index contributed by atoms with van der Waals surface area (Å²) < 4.78 is 29.2. The van der Waals surface area contributed by atoms with E-state index in [1.54, 1.807) is 11.8 Å². The van der Waals surface area contributed by atoms with Gasteiger partial charge in [-0.05, 0) is 25.5 Å². The highest BCUT2D eigenvalue weighted by Crippen LogP contribution is 2.33. The van der Waals surface area contributed by atoms with Gasteiger partial charge in [-0.25, -0.2) is 8.78 Å². The Morgan fingerprint density at radius 2 is 2.08 bits per heavy atom. The first-order chi connectivity index (χ1) is 12.5. The Balaban J connectivity index is 1.55. The van der Waals surface area contributed by atoms with Crippen LogP contribution >= 0.6 is 0 Å². The highest BCUT2D eigenvalue weighted by atomic mass is 19.1. The lowest BCUT2D eigenvalue weighted by Gasteiger charge is -2.29. The third kappa shape index (κ3) is 3.09. The van der Waals surface area contributed by atoms with E-state index in [9.17, 15) is 13.6 Å². The Morgan fingerprint density at radius 3 is 2.85 bits per heavy atom. The molecule has 1 unspecified atom stereocenters. The second kappa shape index (κ2) is 6.75. The number of likely N-dealkylation sites (tertiary alicyclic amines) is 1. The van der Waals surface area contributed by atoms with Gasteiger partial charge in [0, 0.05) is 38.2 Å². The average Bonchev–Trinajstić information content (AvgIpc) is 3.22. The van der Waals surface area contributed by atoms with Crippen LogP contribution in [0.4, 0.5) is 8.78 Å². The molecule has 1 saturated heterocycles. The van der Waals surface area contributed by atoms with Gasteiger partial charge in [-0.3, -0.25) is 9.69 Å². The Morgan fingerprint density at radius 1 is 1.23 bits per heavy atom. The van der Waals surface area contributed by atoms with Crippen LogP contribution < -0.4 is 0 Å². The Kier molecular flexibility index (Phi) is 4.44. The van der Waals surface area contributed by atoms with Crippen molar-refractivity contribution in [3.8, 4) is 0 Å². The third-order valence-electron chi connectivity index (χ3n) is 5.28. The third-order valence-corrected chi connectivity index (χ3v) is 5.28. The van der Waals surface area contributed by atoms with Crippen LogP contribution in [0.15, 0.2) is 18.2 Å². The topological polar surface area (TPSA) is 54.3 Å². The number of aromatic nitrogens is 3. The van der Waals surface area contributed by atoms with E-state index in [1.807, 2.05) is 0 Å². The Bertz CT molecular complexity index is 837. The molecule has 1 aromatic heterocycles. The van der Waals surface area contributed by atoms with Crippen LogP contribution in [0.25, 0.3) is 0 Å². The molecule has 6 nitrogen and oxygen atoms in total. The molecular formula is C18H21F2N5O. The summed E-state index contributed by atoms with van der Waals surface area (Å²) in [5, 5.41) is 8.65. The van der Waals surface area contributed by atoms with E-state index in [4.69, 9.17) is 0 Å². The molecule has 1 amide bonds. The zero-order valence-corrected chi connectivity index (χ0v) is 14.7. The summed E-state index contributed by atoms with van der Waals surface area (Å²) in [6.07, 6.45) is 1.92. The molecule has 1 aromatic carbocycles. The fraction of sp³-hybridized carbons (Fsp3) is 0.500. The largest absolute Gasteiger partial charge is 0.334 e. The first-order valence-electron chi connectivity index (χ1n) is 8.88. The molecular weight excluding hydrogens is 340 g/mol. The summed E-state index contributed by atoms with van der Waals surface area (Å²) in [5.41, 5.74) is 0.486. The summed E-state index contributed by atoms with van der Waals surface area (Å²) in [6.45, 7) is 4.60. The van der Waals surface area contributed by atoms with Crippen molar-refractivity contribution < 1.29 is 13.6 Å². The van der Waals surface area contributed by atoms with Crippen molar-refractivity contribution in [2.75, 3.05) is 13.1 Å². The molecule has 4 rings (SSSR count). The molecule has 2 aliphatic rings. The monoisotopic (exact) mass is 361 g/mol. The molecule has 0 aliphatic carbocycles. The van der Waals surface area contributed by atoms with Gasteiger partial charge in [0.1, 0.15) is 11.6 Å². The number of rotatable bonds is 3. The van der Waals surface area contributed by atoms with Gasteiger partial charge >= 0.3 is 0 Å². The van der Waals surface area contributed by atoms with Crippen LogP contribution in [0.1, 0.15) is 43.0 Å². The second-order valence-electron chi connectivity index (χ2n) is 6.93. The first-order valence-corrected chi connectivity index (χ1v) is 8.88. The quantitative estimate of drug-likeness (QED) is 0.842. The number of carbonyl (C=O) groups excluding carboxylic acids is 1. The van der Waals surface area contributed by atoms with Gasteiger partial charge in [-0.1, -0.05) is 6.07 Å². The minimum atomic E-state index is -0.564. The molecule has 26 heavy (non-hydrogen) atoms. The number of benzene rings is 1. The highest BCUT2D eigenvalue weighted by molar-refractivity contribution is 5.73. The van der Waals surface area contributed by atoms with Gasteiger partial charge in [-0.2, -0.15) is 0 Å². The lowest BCUT2D eigenvalue weighted by Crippen LogP contribution is -2.38. The van der Waals surface area contributed by atoms with Crippen molar-refractivity contribution in [3.63, 3.8) is 0 Å². The van der Waals surface area contributed by atoms with Crippen molar-refractivity contribution in [1.29, 1.82) is 0 Å². The standard InChI is InChI=1S/C18H21F2N5O/c1-12(26)23-7-8-25-17(11-23)21-22-18(25)16-3-2-6-24(16)10-13-4-5-14(19)9-15(13)20/h4-5,9,16H,2-3,6-8,10-11H2,1H3. The van der Waals surface area contributed by atoms with Crippen molar-refractivity contribution in [1.82, 2.24) is 24.6 Å². The maximum atomic E-state index is 14.0. The molecule has 2 aliphatic heterocycles. The number of nitrogens with zero attached hydrogens (tertiary/aromatic N) is 5. The summed E-state index contributed by atoms with van der Waals surface area (Å²) >= 11 is 0. The molecule has 1 fully saturated rings. The number of carbonyl (C=O) groups is 1. The van der Waals surface area contributed by atoms with E-state index >= 15 is 0 Å². The number of halogens is 2. The number of hydrogen-bond donors (Lipinski definition) is 0. The van der Waals surface area contributed by atoms with Crippen LogP contribution in [0, 0.1) is 11.6 Å². The van der Waals surface area contributed by atoms with E-state index in [-0.39, 0.29) is 11.9 Å². The smallest absolute Gasteiger partial charge is 0.219 e.